The first-order valence-corrected chi connectivity index (χ1v) is 10.8. The number of sulfone groups is 1. The zero-order valence-corrected chi connectivity index (χ0v) is 15.3. The Balaban J connectivity index is 2.06. The van der Waals surface area contributed by atoms with Crippen LogP contribution in [0.1, 0.15) is 13.8 Å². The Morgan fingerprint density at radius 2 is 1.88 bits per heavy atom. The van der Waals surface area contributed by atoms with Gasteiger partial charge in [-0.15, -0.1) is 15.7 Å². The van der Waals surface area contributed by atoms with E-state index in [1.54, 1.807) is 18.2 Å². The van der Waals surface area contributed by atoms with Gasteiger partial charge in [0.1, 0.15) is 4.21 Å². The minimum absolute atomic E-state index is 0.0286. The van der Waals surface area contributed by atoms with Crippen molar-refractivity contribution in [1.82, 2.24) is 5.32 Å². The van der Waals surface area contributed by atoms with Gasteiger partial charge in [-0.1, -0.05) is 18.2 Å². The zero-order valence-electron chi connectivity index (χ0n) is 12.8. The molecule has 1 aromatic heterocycles. The van der Waals surface area contributed by atoms with Crippen LogP contribution >= 0.6 is 11.3 Å². The molecule has 0 unspecified atom stereocenters. The summed E-state index contributed by atoms with van der Waals surface area (Å²) in [6.07, 6.45) is 0. The van der Waals surface area contributed by atoms with E-state index in [4.69, 9.17) is 0 Å². The molecule has 1 aromatic carbocycles. The predicted octanol–water partition coefficient (Wildman–Crippen LogP) is 2.05. The lowest BCUT2D eigenvalue weighted by Gasteiger charge is -2.17. The summed E-state index contributed by atoms with van der Waals surface area (Å²) in [5.41, 5.74) is 0.215. The van der Waals surface area contributed by atoms with Crippen molar-refractivity contribution in [3.05, 3.63) is 36.4 Å². The molecule has 0 spiro atoms. The summed E-state index contributed by atoms with van der Waals surface area (Å²) >= 11 is 0.692. The van der Waals surface area contributed by atoms with Gasteiger partial charge in [0.25, 0.3) is 10.0 Å². The first kappa shape index (κ1) is 16.9. The molecular weight excluding hydrogens is 370 g/mol. The summed E-state index contributed by atoms with van der Waals surface area (Å²) in [5, 5.41) is 5.71. The van der Waals surface area contributed by atoms with Gasteiger partial charge in [0.2, 0.25) is 15.8 Å². The fourth-order valence-corrected chi connectivity index (χ4v) is 6.48. The van der Waals surface area contributed by atoms with Gasteiger partial charge in [-0.3, -0.25) is 0 Å². The van der Waals surface area contributed by atoms with E-state index in [1.807, 2.05) is 13.8 Å². The molecule has 10 heteroatoms. The van der Waals surface area contributed by atoms with Gasteiger partial charge in [0.15, 0.2) is 4.21 Å². The van der Waals surface area contributed by atoms with E-state index in [0.717, 1.165) is 0 Å². The molecule has 0 atom stereocenters. The summed E-state index contributed by atoms with van der Waals surface area (Å²) in [6.45, 7) is 3.68. The summed E-state index contributed by atoms with van der Waals surface area (Å²) in [7, 11) is -7.72. The highest BCUT2D eigenvalue weighted by atomic mass is 32.3. The van der Waals surface area contributed by atoms with Crippen molar-refractivity contribution < 1.29 is 16.8 Å². The van der Waals surface area contributed by atoms with Crippen LogP contribution in [0.3, 0.4) is 0 Å². The highest BCUT2D eigenvalue weighted by Crippen LogP contribution is 2.39. The summed E-state index contributed by atoms with van der Waals surface area (Å²) in [4.78, 5) is 0.113. The number of fused-ring (bicyclic) bond motifs is 1. The van der Waals surface area contributed by atoms with Gasteiger partial charge in [0, 0.05) is 6.04 Å². The van der Waals surface area contributed by atoms with Gasteiger partial charge in [-0.2, -0.15) is 8.42 Å². The average molecular weight is 385 g/mol. The molecule has 2 heterocycles. The Bertz CT molecular complexity index is 1010. The van der Waals surface area contributed by atoms with E-state index in [1.165, 1.54) is 18.2 Å². The monoisotopic (exact) mass is 385 g/mol. The lowest BCUT2D eigenvalue weighted by molar-refractivity contribution is 0.597. The maximum Gasteiger partial charge on any atom is 0.297 e. The number of nitrogens with zero attached hydrogens (tertiary/aromatic N) is 1. The highest BCUT2D eigenvalue weighted by Gasteiger charge is 2.32. The number of anilines is 1. The molecule has 0 radical (unpaired) electrons. The molecule has 0 bridgehead atoms. The van der Waals surface area contributed by atoms with E-state index in [2.05, 4.69) is 15.0 Å². The minimum Gasteiger partial charge on any atom is -0.353 e. The van der Waals surface area contributed by atoms with Crippen LogP contribution < -0.4 is 10.6 Å². The largest absolute Gasteiger partial charge is 0.353 e. The maximum atomic E-state index is 12.7. The maximum absolute atomic E-state index is 12.7. The Kier molecular flexibility index (Phi) is 4.14. The van der Waals surface area contributed by atoms with Crippen LogP contribution in [0, 0.1) is 0 Å². The molecule has 1 aliphatic rings. The molecule has 2 aromatic rings. The number of nitrogens with one attached hydrogen (secondary N) is 2. The second-order valence-electron chi connectivity index (χ2n) is 5.42. The fraction of sp³-hybridized carbons (Fsp3) is 0.214. The Labute approximate surface area is 144 Å². The number of hydrogen-bond acceptors (Lipinski definition) is 7. The van der Waals surface area contributed by atoms with Gasteiger partial charge in [-0.05, 0) is 32.0 Å². The van der Waals surface area contributed by atoms with Crippen molar-refractivity contribution in [3.63, 3.8) is 0 Å². The van der Waals surface area contributed by atoms with Gasteiger partial charge in [-0.25, -0.2) is 8.42 Å². The molecule has 0 fully saturated rings. The third kappa shape index (κ3) is 3.04. The summed E-state index contributed by atoms with van der Waals surface area (Å²) < 4.78 is 53.4. The van der Waals surface area contributed by atoms with Crippen molar-refractivity contribution >= 4 is 42.8 Å². The standard InChI is InChI=1S/C14H15N3O4S3/c1-9(2)15-14-16-11-8-12(22-13(11)24(20,21)17-14)23(18,19)10-6-4-3-5-7-10/h3-9H,1-2H3,(H2,15,16,17). The van der Waals surface area contributed by atoms with Crippen LogP contribution in [-0.2, 0) is 19.9 Å². The summed E-state index contributed by atoms with van der Waals surface area (Å²) in [6, 6.07) is 9.18. The first-order chi connectivity index (χ1) is 11.2. The van der Waals surface area contributed by atoms with Crippen molar-refractivity contribution in [2.75, 3.05) is 5.32 Å². The average Bonchev–Trinajstić information content (AvgIpc) is 2.92. The molecule has 3 rings (SSSR count). The quantitative estimate of drug-likeness (QED) is 0.838. The van der Waals surface area contributed by atoms with Gasteiger partial charge < -0.3 is 10.6 Å². The number of thiophene rings is 1. The number of hydrogen-bond donors (Lipinski definition) is 2. The zero-order chi connectivity index (χ0) is 17.5. The molecular formula is C14H15N3O4S3. The SMILES string of the molecule is CC(C)NC1=NS(=O)(=O)c2sc(S(=O)(=O)c3ccccc3)cc2N1. The number of benzene rings is 1. The van der Waals surface area contributed by atoms with Crippen LogP contribution in [0.5, 0.6) is 0 Å². The molecule has 0 aliphatic carbocycles. The number of sulfonamides is 1. The lowest BCUT2D eigenvalue weighted by atomic mass is 10.4. The van der Waals surface area contributed by atoms with Crippen molar-refractivity contribution in [2.24, 2.45) is 4.40 Å². The van der Waals surface area contributed by atoms with Gasteiger partial charge in [0.05, 0.1) is 10.6 Å². The van der Waals surface area contributed by atoms with Crippen molar-refractivity contribution in [1.29, 1.82) is 0 Å². The first-order valence-electron chi connectivity index (χ1n) is 7.02. The van der Waals surface area contributed by atoms with E-state index >= 15 is 0 Å². The number of guanidine groups is 1. The van der Waals surface area contributed by atoms with Crippen LogP contribution in [0.25, 0.3) is 0 Å². The Hall–Kier alpha value is -1.91. The van der Waals surface area contributed by atoms with E-state index < -0.39 is 19.9 Å². The normalized spacial score (nSPS) is 16.2. The van der Waals surface area contributed by atoms with E-state index in [0.29, 0.717) is 11.3 Å². The van der Waals surface area contributed by atoms with Crippen molar-refractivity contribution in [2.45, 2.75) is 33.2 Å². The lowest BCUT2D eigenvalue weighted by Crippen LogP contribution is -2.38. The van der Waals surface area contributed by atoms with Crippen LogP contribution in [0.15, 0.2) is 54.1 Å². The predicted molar refractivity (Wildman–Crippen MR) is 92.7 cm³/mol. The van der Waals surface area contributed by atoms with Crippen LogP contribution in [-0.4, -0.2) is 28.8 Å². The van der Waals surface area contributed by atoms with Crippen LogP contribution in [0.4, 0.5) is 5.69 Å². The Morgan fingerprint density at radius 1 is 1.21 bits per heavy atom. The Morgan fingerprint density at radius 3 is 2.50 bits per heavy atom. The molecule has 0 saturated carbocycles. The second-order valence-corrected chi connectivity index (χ2v) is 10.5. The van der Waals surface area contributed by atoms with E-state index in [9.17, 15) is 16.8 Å². The van der Waals surface area contributed by atoms with Gasteiger partial charge >= 0.3 is 0 Å². The topological polar surface area (TPSA) is 105 Å². The molecule has 7 nitrogen and oxygen atoms in total. The smallest absolute Gasteiger partial charge is 0.297 e. The molecule has 24 heavy (non-hydrogen) atoms. The third-order valence-electron chi connectivity index (χ3n) is 3.12. The molecule has 128 valence electrons. The molecule has 1 aliphatic heterocycles. The highest BCUT2D eigenvalue weighted by molar-refractivity contribution is 7.95. The molecule has 2 N–H and O–H groups in total. The fourth-order valence-electron chi connectivity index (χ4n) is 2.13. The third-order valence-corrected chi connectivity index (χ3v) is 8.28. The molecule has 0 amide bonds. The minimum atomic E-state index is -3.94. The van der Waals surface area contributed by atoms with Crippen LogP contribution in [0.2, 0.25) is 0 Å². The molecule has 0 saturated heterocycles. The van der Waals surface area contributed by atoms with E-state index in [-0.39, 0.29) is 31.0 Å². The second kappa shape index (κ2) is 5.87. The van der Waals surface area contributed by atoms with Crippen molar-refractivity contribution in [3.8, 4) is 0 Å². The summed E-state index contributed by atoms with van der Waals surface area (Å²) in [5.74, 6) is 0.0824. The number of rotatable bonds is 3.